The van der Waals surface area contributed by atoms with Crippen molar-refractivity contribution in [3.05, 3.63) is 51.7 Å². The molecular weight excluding hydrogens is 389 g/mol. The van der Waals surface area contributed by atoms with E-state index in [1.54, 1.807) is 11.6 Å². The highest BCUT2D eigenvalue weighted by atomic mass is 32.1. The Kier molecular flexibility index (Phi) is 5.48. The molecule has 2 aromatic rings. The Labute approximate surface area is 175 Å². The average molecular weight is 418 g/mol. The lowest BCUT2D eigenvalue weighted by molar-refractivity contribution is -0.132. The van der Waals surface area contributed by atoms with E-state index in [4.69, 9.17) is 10.5 Å². The summed E-state index contributed by atoms with van der Waals surface area (Å²) in [5.74, 6) is -0.823. The Bertz CT molecular complexity index is 880. The van der Waals surface area contributed by atoms with E-state index in [0.29, 0.717) is 13.0 Å². The fraction of sp³-hybridized carbons (Fsp3) is 0.545. The zero-order valence-corrected chi connectivity index (χ0v) is 17.8. The Morgan fingerprint density at radius 1 is 1.45 bits per heavy atom. The highest BCUT2D eigenvalue weighted by molar-refractivity contribution is 7.07. The van der Waals surface area contributed by atoms with E-state index >= 15 is 0 Å². The van der Waals surface area contributed by atoms with Crippen LogP contribution in [-0.2, 0) is 28.2 Å². The SMILES string of the molecule is CCC(C)(C(Cc1cscn1)C(N)=O)N1CCC2(CC1)OCc1ccc(F)cc12. The van der Waals surface area contributed by atoms with E-state index in [0.717, 1.165) is 49.2 Å². The second-order valence-electron chi connectivity index (χ2n) is 8.42. The van der Waals surface area contributed by atoms with Crippen LogP contribution in [0.15, 0.2) is 29.1 Å². The lowest BCUT2D eigenvalue weighted by Crippen LogP contribution is -2.59. The number of hydrogen-bond donors (Lipinski definition) is 1. The normalized spacial score (nSPS) is 21.6. The number of nitrogens with zero attached hydrogens (tertiary/aromatic N) is 2. The first-order valence-corrected chi connectivity index (χ1v) is 11.2. The molecule has 1 aromatic heterocycles. The molecule has 1 fully saturated rings. The van der Waals surface area contributed by atoms with Gasteiger partial charge in [-0.05, 0) is 49.4 Å². The number of piperidine rings is 1. The number of fused-ring (bicyclic) bond motifs is 2. The van der Waals surface area contributed by atoms with Crippen molar-refractivity contribution in [2.75, 3.05) is 13.1 Å². The standard InChI is InChI=1S/C22H28FN3O2S/c1-3-21(2,19(20(24)27)11-17-13-29-14-25-17)26-8-6-22(7-9-26)18-10-16(23)5-4-15(18)12-28-22/h4-5,10,13-14,19H,3,6-9,11-12H2,1-2H3,(H2,24,27). The van der Waals surface area contributed by atoms with Gasteiger partial charge in [0.2, 0.25) is 5.91 Å². The minimum absolute atomic E-state index is 0.216. The maximum atomic E-state index is 13.9. The molecule has 156 valence electrons. The first-order chi connectivity index (χ1) is 13.9. The van der Waals surface area contributed by atoms with Crippen LogP contribution < -0.4 is 5.73 Å². The van der Waals surface area contributed by atoms with Crippen LogP contribution in [0.2, 0.25) is 0 Å². The van der Waals surface area contributed by atoms with Gasteiger partial charge in [0.1, 0.15) is 5.82 Å². The Hall–Kier alpha value is -1.83. The number of nitrogens with two attached hydrogens (primary N) is 1. The van der Waals surface area contributed by atoms with Crippen LogP contribution in [0, 0.1) is 11.7 Å². The van der Waals surface area contributed by atoms with E-state index in [1.165, 1.54) is 17.4 Å². The summed E-state index contributed by atoms with van der Waals surface area (Å²) in [5, 5.41) is 1.98. The molecule has 2 atom stereocenters. The number of aromatic nitrogens is 1. The third kappa shape index (κ3) is 3.60. The van der Waals surface area contributed by atoms with Crippen molar-refractivity contribution in [3.63, 3.8) is 0 Å². The van der Waals surface area contributed by atoms with Crippen molar-refractivity contribution in [1.29, 1.82) is 0 Å². The fourth-order valence-corrected chi connectivity index (χ4v) is 5.62. The maximum absolute atomic E-state index is 13.9. The van der Waals surface area contributed by atoms with E-state index in [9.17, 15) is 9.18 Å². The van der Waals surface area contributed by atoms with Gasteiger partial charge in [0.15, 0.2) is 0 Å². The van der Waals surface area contributed by atoms with Gasteiger partial charge >= 0.3 is 0 Å². The minimum atomic E-state index is -0.417. The van der Waals surface area contributed by atoms with Crippen LogP contribution in [0.3, 0.4) is 0 Å². The van der Waals surface area contributed by atoms with E-state index in [1.807, 2.05) is 11.4 Å². The summed E-state index contributed by atoms with van der Waals surface area (Å²) in [6.45, 7) is 6.34. The second-order valence-corrected chi connectivity index (χ2v) is 9.14. The number of carbonyl (C=O) groups excluding carboxylic acids is 1. The molecule has 2 aliphatic heterocycles. The molecule has 0 radical (unpaired) electrons. The molecule has 2 N–H and O–H groups in total. The quantitative estimate of drug-likeness (QED) is 0.780. The summed E-state index contributed by atoms with van der Waals surface area (Å²) in [6, 6.07) is 4.96. The minimum Gasteiger partial charge on any atom is -0.369 e. The maximum Gasteiger partial charge on any atom is 0.222 e. The van der Waals surface area contributed by atoms with Crippen LogP contribution in [-0.4, -0.2) is 34.4 Å². The molecule has 0 saturated carbocycles. The third-order valence-electron chi connectivity index (χ3n) is 7.07. The highest BCUT2D eigenvalue weighted by Crippen LogP contribution is 2.46. The molecule has 7 heteroatoms. The number of ether oxygens (including phenoxy) is 1. The number of carbonyl (C=O) groups is 1. The van der Waals surface area contributed by atoms with Crippen molar-refractivity contribution in [1.82, 2.24) is 9.88 Å². The Balaban J connectivity index is 1.54. The Morgan fingerprint density at radius 2 is 2.21 bits per heavy atom. The smallest absolute Gasteiger partial charge is 0.222 e. The molecule has 1 amide bonds. The van der Waals surface area contributed by atoms with Gasteiger partial charge < -0.3 is 10.5 Å². The largest absolute Gasteiger partial charge is 0.369 e. The zero-order valence-electron chi connectivity index (χ0n) is 17.0. The van der Waals surface area contributed by atoms with Gasteiger partial charge in [0.05, 0.1) is 29.3 Å². The van der Waals surface area contributed by atoms with Crippen molar-refractivity contribution >= 4 is 17.2 Å². The molecule has 0 bridgehead atoms. The molecule has 1 spiro atoms. The number of rotatable bonds is 6. The predicted molar refractivity (Wildman–Crippen MR) is 111 cm³/mol. The molecule has 1 aromatic carbocycles. The summed E-state index contributed by atoms with van der Waals surface area (Å²) < 4.78 is 20.1. The molecular formula is C22H28FN3O2S. The van der Waals surface area contributed by atoms with Gasteiger partial charge in [-0.2, -0.15) is 0 Å². The van der Waals surface area contributed by atoms with E-state index in [2.05, 4.69) is 23.7 Å². The molecule has 4 rings (SSSR count). The fourth-order valence-electron chi connectivity index (χ4n) is 5.05. The highest BCUT2D eigenvalue weighted by Gasteiger charge is 2.48. The third-order valence-corrected chi connectivity index (χ3v) is 7.70. The molecule has 2 aliphatic rings. The lowest BCUT2D eigenvalue weighted by Gasteiger charge is -2.50. The van der Waals surface area contributed by atoms with Gasteiger partial charge in [-0.15, -0.1) is 11.3 Å². The molecule has 3 heterocycles. The molecule has 29 heavy (non-hydrogen) atoms. The van der Waals surface area contributed by atoms with E-state index in [-0.39, 0.29) is 23.2 Å². The van der Waals surface area contributed by atoms with Crippen molar-refractivity contribution < 1.29 is 13.9 Å². The van der Waals surface area contributed by atoms with Crippen molar-refractivity contribution in [2.45, 2.75) is 57.3 Å². The summed E-state index contributed by atoms with van der Waals surface area (Å²) in [7, 11) is 0. The lowest BCUT2D eigenvalue weighted by atomic mass is 9.75. The summed E-state index contributed by atoms with van der Waals surface area (Å²) in [5.41, 5.74) is 9.85. The van der Waals surface area contributed by atoms with Gasteiger partial charge in [-0.1, -0.05) is 13.0 Å². The number of amides is 1. The van der Waals surface area contributed by atoms with Crippen LogP contribution in [0.25, 0.3) is 0 Å². The van der Waals surface area contributed by atoms with Crippen LogP contribution in [0.1, 0.15) is 49.9 Å². The number of likely N-dealkylation sites (tertiary alicyclic amines) is 1. The number of primary amides is 1. The first-order valence-electron chi connectivity index (χ1n) is 10.2. The van der Waals surface area contributed by atoms with E-state index < -0.39 is 5.60 Å². The summed E-state index contributed by atoms with van der Waals surface area (Å²) >= 11 is 1.53. The number of hydrogen-bond acceptors (Lipinski definition) is 5. The molecule has 5 nitrogen and oxygen atoms in total. The van der Waals surface area contributed by atoms with Gasteiger partial charge in [-0.25, -0.2) is 9.37 Å². The van der Waals surface area contributed by atoms with Crippen molar-refractivity contribution in [3.8, 4) is 0 Å². The van der Waals surface area contributed by atoms with Crippen molar-refractivity contribution in [2.24, 2.45) is 11.7 Å². The molecule has 0 aliphatic carbocycles. The number of benzene rings is 1. The van der Waals surface area contributed by atoms with Crippen LogP contribution in [0.5, 0.6) is 0 Å². The molecule has 1 saturated heterocycles. The zero-order chi connectivity index (χ0) is 20.6. The van der Waals surface area contributed by atoms with Crippen LogP contribution >= 0.6 is 11.3 Å². The van der Waals surface area contributed by atoms with Gasteiger partial charge in [-0.3, -0.25) is 9.69 Å². The van der Waals surface area contributed by atoms with Crippen LogP contribution in [0.4, 0.5) is 4.39 Å². The number of halogens is 1. The topological polar surface area (TPSA) is 68.5 Å². The Morgan fingerprint density at radius 3 is 2.83 bits per heavy atom. The second kappa shape index (κ2) is 7.78. The average Bonchev–Trinajstić information content (AvgIpc) is 3.35. The first kappa shape index (κ1) is 20.4. The summed E-state index contributed by atoms with van der Waals surface area (Å²) in [4.78, 5) is 19.2. The van der Waals surface area contributed by atoms with Gasteiger partial charge in [0, 0.05) is 30.4 Å². The summed E-state index contributed by atoms with van der Waals surface area (Å²) in [6.07, 6.45) is 2.92. The van der Waals surface area contributed by atoms with Gasteiger partial charge in [0.25, 0.3) is 0 Å². The predicted octanol–water partition coefficient (Wildman–Crippen LogP) is 3.62. The molecule has 2 unspecified atom stereocenters. The number of thiazole rings is 1. The monoisotopic (exact) mass is 417 g/mol.